The maximum Gasteiger partial charge on any atom is 0.332 e. The summed E-state index contributed by atoms with van der Waals surface area (Å²) in [4.78, 5) is 32.5. The highest BCUT2D eigenvalue weighted by Crippen LogP contribution is 2.52. The summed E-state index contributed by atoms with van der Waals surface area (Å²) in [6.45, 7) is 11.8. The number of fused-ring (bicyclic) bond motifs is 6. The van der Waals surface area contributed by atoms with Gasteiger partial charge in [0.05, 0.1) is 39.6 Å². The lowest BCUT2D eigenvalue weighted by Crippen LogP contribution is -2.49. The van der Waals surface area contributed by atoms with Crippen LogP contribution in [-0.2, 0) is 22.4 Å². The highest BCUT2D eigenvalue weighted by atomic mass is 16.5. The molecule has 10 nitrogen and oxygen atoms in total. The molecule has 2 saturated heterocycles. The Hall–Kier alpha value is -3.76. The largest absolute Gasteiger partial charge is 0.493 e. The molecule has 2 aromatic carbocycles. The van der Waals surface area contributed by atoms with E-state index in [1.807, 2.05) is 24.3 Å². The monoisotopic (exact) mass is 718 g/mol. The zero-order chi connectivity index (χ0) is 37.4. The van der Waals surface area contributed by atoms with Crippen molar-refractivity contribution < 1.29 is 38.7 Å². The number of rotatable bonds is 12. The van der Waals surface area contributed by atoms with Gasteiger partial charge in [0.15, 0.2) is 23.0 Å². The van der Waals surface area contributed by atoms with Gasteiger partial charge in [-0.3, -0.25) is 9.80 Å². The van der Waals surface area contributed by atoms with Gasteiger partial charge >= 0.3 is 11.9 Å². The molecule has 52 heavy (non-hydrogen) atoms. The minimum Gasteiger partial charge on any atom is -0.493 e. The molecule has 0 aliphatic carbocycles. The molecule has 0 aromatic heterocycles. The SMILES string of the molecule is COc1cc2c(cc1OC)[C@H]1C[C@@H](/C(C(=O)O)=C(/C(=O)O)[C@@H]3C[C@@H]4c5cc(OC)c(OC)cc5CCN4C[C@@H]3CC(C)C)[C@@H](CC(C)C)CN1CC2. The molecule has 284 valence electrons. The van der Waals surface area contributed by atoms with Gasteiger partial charge in [0, 0.05) is 38.3 Å². The van der Waals surface area contributed by atoms with E-state index >= 15 is 0 Å². The third-order valence-electron chi connectivity index (χ3n) is 12.3. The van der Waals surface area contributed by atoms with Crippen LogP contribution < -0.4 is 18.9 Å². The van der Waals surface area contributed by atoms with E-state index in [0.717, 1.165) is 63.0 Å². The average molecular weight is 719 g/mol. The number of carboxylic acids is 2. The van der Waals surface area contributed by atoms with Crippen LogP contribution in [0.5, 0.6) is 23.0 Å². The molecule has 4 aliphatic rings. The first-order valence-electron chi connectivity index (χ1n) is 19.1. The minimum atomic E-state index is -1.10. The number of carboxylic acid groups (broad SMARTS) is 2. The Morgan fingerprint density at radius 3 is 1.29 bits per heavy atom. The van der Waals surface area contributed by atoms with Crippen LogP contribution in [0, 0.1) is 35.5 Å². The Labute approximate surface area is 309 Å². The van der Waals surface area contributed by atoms with E-state index in [-0.39, 0.29) is 35.1 Å². The van der Waals surface area contributed by atoms with Crippen molar-refractivity contribution in [2.75, 3.05) is 54.6 Å². The Balaban J connectivity index is 1.48. The normalized spacial score (nSPS) is 26.4. The second-order valence-electron chi connectivity index (χ2n) is 16.2. The van der Waals surface area contributed by atoms with Gasteiger partial charge in [0.1, 0.15) is 0 Å². The van der Waals surface area contributed by atoms with Crippen molar-refractivity contribution in [3.63, 3.8) is 0 Å². The van der Waals surface area contributed by atoms with Gasteiger partial charge in [0.25, 0.3) is 0 Å². The molecule has 0 radical (unpaired) electrons. The molecular formula is C42H58N2O8. The topological polar surface area (TPSA) is 118 Å². The summed E-state index contributed by atoms with van der Waals surface area (Å²) >= 11 is 0. The number of ether oxygens (including phenoxy) is 4. The lowest BCUT2D eigenvalue weighted by atomic mass is 9.66. The maximum atomic E-state index is 13.8. The Bertz CT molecular complexity index is 1560. The fourth-order valence-electron chi connectivity index (χ4n) is 10.2. The van der Waals surface area contributed by atoms with E-state index < -0.39 is 23.8 Å². The first kappa shape index (κ1) is 38.0. The van der Waals surface area contributed by atoms with Gasteiger partial charge in [-0.25, -0.2) is 9.59 Å². The number of piperidine rings is 2. The molecule has 10 heteroatoms. The molecule has 2 aromatic rings. The number of hydrogen-bond acceptors (Lipinski definition) is 8. The first-order chi connectivity index (χ1) is 24.9. The van der Waals surface area contributed by atoms with Crippen molar-refractivity contribution in [1.29, 1.82) is 0 Å². The number of hydrogen-bond donors (Lipinski definition) is 2. The van der Waals surface area contributed by atoms with Crippen molar-refractivity contribution in [3.8, 4) is 23.0 Å². The number of nitrogens with zero attached hydrogens (tertiary/aromatic N) is 2. The molecule has 2 fully saturated rings. The molecule has 4 heterocycles. The molecule has 0 amide bonds. The van der Waals surface area contributed by atoms with Gasteiger partial charge < -0.3 is 29.2 Å². The lowest BCUT2D eigenvalue weighted by Gasteiger charge is -2.50. The van der Waals surface area contributed by atoms with E-state index in [0.29, 0.717) is 47.7 Å². The summed E-state index contributed by atoms with van der Waals surface area (Å²) < 4.78 is 22.7. The Morgan fingerprint density at radius 2 is 0.981 bits per heavy atom. The van der Waals surface area contributed by atoms with Gasteiger partial charge in [-0.1, -0.05) is 27.7 Å². The lowest BCUT2D eigenvalue weighted by molar-refractivity contribution is -0.138. The standard InChI is InChI=1S/C42H58N2O8/c1-23(2)13-27-21-43-11-9-25-15-35(49-5)37(51-7)19-29(25)33(43)17-31(27)39(41(45)46)40(42(47)48)32-18-34-30-20-38(52-8)36(50-6)16-26(30)10-12-44(34)22-28(32)14-24(3)4/h15-16,19-20,23-24,27-28,31-34H,9-14,17-18,21-22H2,1-8H3,(H,45,46)(H,47,48)/b40-39-/t27-,28-,31+,32+,33+,34+/m0/s1. The minimum absolute atomic E-state index is 0.00849. The van der Waals surface area contributed by atoms with E-state index in [2.05, 4.69) is 37.5 Å². The van der Waals surface area contributed by atoms with Crippen molar-refractivity contribution >= 4 is 11.9 Å². The summed E-state index contributed by atoms with van der Waals surface area (Å²) in [7, 11) is 6.54. The van der Waals surface area contributed by atoms with Gasteiger partial charge in [0.2, 0.25) is 0 Å². The molecule has 6 rings (SSSR count). The zero-order valence-corrected chi connectivity index (χ0v) is 32.2. The highest BCUT2D eigenvalue weighted by molar-refractivity contribution is 5.99. The fourth-order valence-corrected chi connectivity index (χ4v) is 10.2. The predicted octanol–water partition coefficient (Wildman–Crippen LogP) is 7.05. The average Bonchev–Trinajstić information content (AvgIpc) is 3.11. The van der Waals surface area contributed by atoms with Gasteiger partial charge in [-0.2, -0.15) is 0 Å². The fraction of sp³-hybridized carbons (Fsp3) is 0.619. The summed E-state index contributed by atoms with van der Waals surface area (Å²) in [5.41, 5.74) is 4.81. The molecular weight excluding hydrogens is 660 g/mol. The molecule has 4 aliphatic heterocycles. The molecule has 0 saturated carbocycles. The van der Waals surface area contributed by atoms with Crippen LogP contribution in [0.3, 0.4) is 0 Å². The zero-order valence-electron chi connectivity index (χ0n) is 32.2. The van der Waals surface area contributed by atoms with Crippen LogP contribution in [0.2, 0.25) is 0 Å². The summed E-state index contributed by atoms with van der Waals surface area (Å²) in [6, 6.07) is 8.09. The van der Waals surface area contributed by atoms with E-state index in [1.165, 1.54) is 11.1 Å². The molecule has 0 unspecified atom stereocenters. The number of carbonyl (C=O) groups is 2. The summed E-state index contributed by atoms with van der Waals surface area (Å²) in [5.74, 6) is 0.284. The van der Waals surface area contributed by atoms with Crippen molar-refractivity contribution in [1.82, 2.24) is 9.80 Å². The van der Waals surface area contributed by atoms with E-state index in [9.17, 15) is 19.8 Å². The highest BCUT2D eigenvalue weighted by Gasteiger charge is 2.48. The quantitative estimate of drug-likeness (QED) is 0.221. The van der Waals surface area contributed by atoms with Crippen LogP contribution in [-0.4, -0.2) is 86.6 Å². The summed E-state index contributed by atoms with van der Waals surface area (Å²) in [5, 5.41) is 22.5. The molecule has 6 atom stereocenters. The molecule has 2 N–H and O–H groups in total. The third kappa shape index (κ3) is 7.25. The Morgan fingerprint density at radius 1 is 0.635 bits per heavy atom. The Kier molecular flexibility index (Phi) is 11.5. The molecule has 0 spiro atoms. The van der Waals surface area contributed by atoms with E-state index in [4.69, 9.17) is 18.9 Å². The summed E-state index contributed by atoms with van der Waals surface area (Å²) in [6.07, 6.45) is 4.44. The van der Waals surface area contributed by atoms with Crippen molar-refractivity contribution in [2.24, 2.45) is 35.5 Å². The molecule has 0 bridgehead atoms. The van der Waals surface area contributed by atoms with Crippen LogP contribution in [0.15, 0.2) is 35.4 Å². The van der Waals surface area contributed by atoms with Crippen molar-refractivity contribution in [2.45, 2.75) is 78.3 Å². The number of methoxy groups -OCH3 is 4. The van der Waals surface area contributed by atoms with Crippen LogP contribution in [0.1, 0.15) is 87.7 Å². The first-order valence-corrected chi connectivity index (χ1v) is 19.1. The second-order valence-corrected chi connectivity index (χ2v) is 16.2. The van der Waals surface area contributed by atoms with Crippen molar-refractivity contribution in [3.05, 3.63) is 57.7 Å². The van der Waals surface area contributed by atoms with Gasteiger partial charge in [-0.05, 0) is 121 Å². The maximum absolute atomic E-state index is 13.8. The number of benzene rings is 2. The predicted molar refractivity (Wildman–Crippen MR) is 200 cm³/mol. The number of aliphatic carboxylic acids is 2. The smallest absolute Gasteiger partial charge is 0.332 e. The third-order valence-corrected chi connectivity index (χ3v) is 12.3. The van der Waals surface area contributed by atoms with Crippen LogP contribution in [0.4, 0.5) is 0 Å². The van der Waals surface area contributed by atoms with Crippen LogP contribution >= 0.6 is 0 Å². The van der Waals surface area contributed by atoms with E-state index in [1.54, 1.807) is 28.4 Å². The van der Waals surface area contributed by atoms with Crippen LogP contribution in [0.25, 0.3) is 0 Å². The van der Waals surface area contributed by atoms with Gasteiger partial charge in [-0.15, -0.1) is 0 Å². The second kappa shape index (κ2) is 15.7.